The molecule has 5 atom stereocenters. The zero-order chi connectivity index (χ0) is 35.0. The Hall–Kier alpha value is -3.25. The van der Waals surface area contributed by atoms with Crippen LogP contribution in [0.4, 0.5) is 4.79 Å². The Labute approximate surface area is 288 Å². The Bertz CT molecular complexity index is 1660. The van der Waals surface area contributed by atoms with E-state index >= 15 is 0 Å². The molecule has 2 saturated heterocycles. The highest BCUT2D eigenvalue weighted by molar-refractivity contribution is 7.89. The Morgan fingerprint density at radius 1 is 1.10 bits per heavy atom. The number of nitrogens with one attached hydrogen (secondary N) is 1. The number of β-amino-alcohol motifs (C(OH)–C–C–N with tert-alkyl or cyclic N) is 1. The molecule has 2 aromatic rings. The highest BCUT2D eigenvalue weighted by atomic mass is 32.2. The van der Waals surface area contributed by atoms with Crippen LogP contribution in [0.1, 0.15) is 24.8 Å². The van der Waals surface area contributed by atoms with Crippen molar-refractivity contribution in [1.82, 2.24) is 13.9 Å². The van der Waals surface area contributed by atoms with E-state index in [-0.39, 0.29) is 55.8 Å². The molecular weight excluding hydrogens is 679 g/mol. The Balaban J connectivity index is 1.44. The second kappa shape index (κ2) is 16.6. The van der Waals surface area contributed by atoms with E-state index in [0.29, 0.717) is 31.6 Å². The number of methoxy groups -OCH3 is 1. The molecule has 0 spiro atoms. The number of ether oxygens (including phenoxy) is 5. The number of allylic oxidation sites excluding steroid dienone is 1. The number of benzene rings is 2. The lowest BCUT2D eigenvalue weighted by molar-refractivity contribution is -0.0907. The summed E-state index contributed by atoms with van der Waals surface area (Å²) in [6, 6.07) is 12.5. The molecule has 2 fully saturated rings. The molecule has 3 aliphatic heterocycles. The molecule has 0 radical (unpaired) electrons. The second-order valence-corrected chi connectivity index (χ2v) is 16.1. The van der Waals surface area contributed by atoms with Gasteiger partial charge in [0.2, 0.25) is 20.0 Å². The van der Waals surface area contributed by atoms with Crippen LogP contribution in [0.15, 0.2) is 65.6 Å². The SMILES string of the molecule is COc1ccc2c(c1)OCCC/C=C\CN(S(C)(=O)=O)CCN(C[C@@H](O)[C@H](Cc1ccccc1)NC(=O)O[C@H]1CO[C@H]3OCC[C@H]31)S2(=O)=O. The van der Waals surface area contributed by atoms with Crippen molar-refractivity contribution in [1.29, 1.82) is 0 Å². The Morgan fingerprint density at radius 3 is 2.65 bits per heavy atom. The van der Waals surface area contributed by atoms with E-state index in [1.165, 1.54) is 29.6 Å². The molecule has 0 aromatic heterocycles. The number of aliphatic hydroxyl groups is 1. The zero-order valence-electron chi connectivity index (χ0n) is 27.7. The van der Waals surface area contributed by atoms with Crippen molar-refractivity contribution in [3.05, 3.63) is 66.2 Å². The molecule has 2 N–H and O–H groups in total. The van der Waals surface area contributed by atoms with Gasteiger partial charge >= 0.3 is 6.09 Å². The summed E-state index contributed by atoms with van der Waals surface area (Å²) in [4.78, 5) is 13.1. The first-order valence-electron chi connectivity index (χ1n) is 16.3. The maximum absolute atomic E-state index is 14.4. The quantitative estimate of drug-likeness (QED) is 0.364. The van der Waals surface area contributed by atoms with Gasteiger partial charge < -0.3 is 34.1 Å². The predicted molar refractivity (Wildman–Crippen MR) is 179 cm³/mol. The Kier molecular flexibility index (Phi) is 12.6. The lowest BCUT2D eigenvalue weighted by Crippen LogP contribution is -2.52. The summed E-state index contributed by atoms with van der Waals surface area (Å²) in [5, 5.41) is 14.5. The van der Waals surface area contributed by atoms with Crippen LogP contribution in [0.25, 0.3) is 0 Å². The molecule has 0 aliphatic carbocycles. The lowest BCUT2D eigenvalue weighted by Gasteiger charge is -2.31. The zero-order valence-corrected chi connectivity index (χ0v) is 29.3. The van der Waals surface area contributed by atoms with Gasteiger partial charge in [-0.1, -0.05) is 42.5 Å². The van der Waals surface area contributed by atoms with Gasteiger partial charge in [-0.15, -0.1) is 0 Å². The molecule has 16 heteroatoms. The number of hydrogen-bond donors (Lipinski definition) is 2. The number of sulfonamides is 2. The number of carbonyl (C=O) groups excluding carboxylic acids is 1. The summed E-state index contributed by atoms with van der Waals surface area (Å²) < 4.78 is 84.4. The van der Waals surface area contributed by atoms with E-state index in [1.807, 2.05) is 36.4 Å². The van der Waals surface area contributed by atoms with Crippen molar-refractivity contribution in [2.45, 2.75) is 55.1 Å². The van der Waals surface area contributed by atoms with Crippen LogP contribution in [0.2, 0.25) is 0 Å². The molecule has 0 saturated carbocycles. The number of nitrogens with zero attached hydrogens (tertiary/aromatic N) is 2. The third kappa shape index (κ3) is 9.72. The van der Waals surface area contributed by atoms with E-state index < -0.39 is 57.2 Å². The molecule has 270 valence electrons. The highest BCUT2D eigenvalue weighted by Gasteiger charge is 2.44. The van der Waals surface area contributed by atoms with Gasteiger partial charge in [0.25, 0.3) is 0 Å². The van der Waals surface area contributed by atoms with Crippen molar-refractivity contribution < 1.29 is 50.4 Å². The van der Waals surface area contributed by atoms with Crippen LogP contribution in [0, 0.1) is 5.92 Å². The summed E-state index contributed by atoms with van der Waals surface area (Å²) in [5.74, 6) is 0.353. The van der Waals surface area contributed by atoms with Gasteiger partial charge in [0.05, 0.1) is 51.2 Å². The van der Waals surface area contributed by atoms with E-state index in [2.05, 4.69) is 5.32 Å². The van der Waals surface area contributed by atoms with Crippen molar-refractivity contribution >= 4 is 26.1 Å². The van der Waals surface area contributed by atoms with Crippen LogP contribution in [0.5, 0.6) is 11.5 Å². The number of carbonyl (C=O) groups is 1. The first-order chi connectivity index (χ1) is 23.5. The fourth-order valence-corrected chi connectivity index (χ4v) is 8.39. The first-order valence-corrected chi connectivity index (χ1v) is 19.6. The molecule has 14 nitrogen and oxygen atoms in total. The van der Waals surface area contributed by atoms with E-state index in [1.54, 1.807) is 6.08 Å². The lowest BCUT2D eigenvalue weighted by atomic mass is 10.0. The van der Waals surface area contributed by atoms with Crippen molar-refractivity contribution in [2.75, 3.05) is 59.4 Å². The maximum atomic E-state index is 14.4. The van der Waals surface area contributed by atoms with E-state index in [9.17, 15) is 26.7 Å². The molecule has 0 unspecified atom stereocenters. The summed E-state index contributed by atoms with van der Waals surface area (Å²) in [6.45, 7) is -0.0357. The predicted octanol–water partition coefficient (Wildman–Crippen LogP) is 2.14. The summed E-state index contributed by atoms with van der Waals surface area (Å²) in [7, 11) is -6.67. The van der Waals surface area contributed by atoms with Gasteiger partial charge in [0.1, 0.15) is 22.5 Å². The van der Waals surface area contributed by atoms with Crippen molar-refractivity contribution in [2.24, 2.45) is 5.92 Å². The first kappa shape index (κ1) is 37.0. The largest absolute Gasteiger partial charge is 0.497 e. The minimum atomic E-state index is -4.40. The summed E-state index contributed by atoms with van der Waals surface area (Å²) in [5.41, 5.74) is 0.782. The van der Waals surface area contributed by atoms with Gasteiger partial charge in [-0.2, -0.15) is 8.61 Å². The number of fused-ring (bicyclic) bond motifs is 2. The third-order valence-corrected chi connectivity index (χ3v) is 12.0. The van der Waals surface area contributed by atoms with Crippen molar-refractivity contribution in [3.63, 3.8) is 0 Å². The number of aliphatic hydroxyl groups excluding tert-OH is 1. The maximum Gasteiger partial charge on any atom is 0.407 e. The summed E-state index contributed by atoms with van der Waals surface area (Å²) >= 11 is 0. The van der Waals surface area contributed by atoms with E-state index in [0.717, 1.165) is 16.1 Å². The smallest absolute Gasteiger partial charge is 0.407 e. The van der Waals surface area contributed by atoms with Gasteiger partial charge in [0, 0.05) is 32.2 Å². The highest BCUT2D eigenvalue weighted by Crippen LogP contribution is 2.34. The van der Waals surface area contributed by atoms with Gasteiger partial charge in [0.15, 0.2) is 6.29 Å². The minimum absolute atomic E-state index is 0.0473. The minimum Gasteiger partial charge on any atom is -0.497 e. The van der Waals surface area contributed by atoms with Crippen LogP contribution in [-0.4, -0.2) is 121 Å². The molecule has 5 rings (SSSR count). The molecule has 2 aromatic carbocycles. The van der Waals surface area contributed by atoms with Gasteiger partial charge in [-0.3, -0.25) is 0 Å². The average molecular weight is 724 g/mol. The normalized spacial score (nSPS) is 25.5. The number of alkyl carbamates (subject to hydrolysis) is 1. The molecular formula is C33H45N3O11S2. The second-order valence-electron chi connectivity index (χ2n) is 12.2. The Morgan fingerprint density at radius 2 is 1.90 bits per heavy atom. The topological polar surface area (TPSA) is 170 Å². The van der Waals surface area contributed by atoms with Crippen LogP contribution in [0.3, 0.4) is 0 Å². The number of hydrogen-bond acceptors (Lipinski definition) is 11. The summed E-state index contributed by atoms with van der Waals surface area (Å²) in [6.07, 6.45) is 3.44. The third-order valence-electron chi connectivity index (χ3n) is 8.79. The molecule has 3 heterocycles. The molecule has 0 bridgehead atoms. The van der Waals surface area contributed by atoms with Crippen molar-refractivity contribution in [3.8, 4) is 11.5 Å². The monoisotopic (exact) mass is 723 g/mol. The standard InChI is InChI=1S/C33H45N3O11S2/c1-43-25-12-13-31-29(21-25)44-18-9-4-3-8-15-35(48(2,39)40)16-17-36(49(31,41)42)22-28(37)27(20-24-10-6-5-7-11-24)34-33(38)47-30-23-46-32-26(30)14-19-45-32/h3,5-8,10-13,21,26-28,30,32,37H,4,9,14-20,22-23H2,1-2H3,(H,34,38)/b8-3-/t26-,27-,28+,30-,32+/m0/s1. The fraction of sp³-hybridized carbons (Fsp3) is 0.545. The van der Waals surface area contributed by atoms with Gasteiger partial charge in [-0.25, -0.2) is 21.6 Å². The molecule has 1 amide bonds. The van der Waals surface area contributed by atoms with Gasteiger partial charge in [-0.05, 0) is 43.4 Å². The van der Waals surface area contributed by atoms with E-state index in [4.69, 9.17) is 23.7 Å². The molecule has 3 aliphatic rings. The van der Waals surface area contributed by atoms with Crippen LogP contribution in [-0.2, 0) is 40.7 Å². The van der Waals surface area contributed by atoms with Crippen LogP contribution >= 0.6 is 0 Å². The average Bonchev–Trinajstić information content (AvgIpc) is 3.69. The van der Waals surface area contributed by atoms with Crippen LogP contribution < -0.4 is 14.8 Å². The fourth-order valence-electron chi connectivity index (χ4n) is 6.06. The number of rotatable bonds is 9. The number of amides is 1. The molecule has 49 heavy (non-hydrogen) atoms.